The number of amides is 3. The summed E-state index contributed by atoms with van der Waals surface area (Å²) in [6, 6.07) is 20.4. The average Bonchev–Trinajstić information content (AvgIpc) is 3.09. The molecule has 0 bridgehead atoms. The lowest BCUT2D eigenvalue weighted by atomic mass is 9.99. The van der Waals surface area contributed by atoms with Gasteiger partial charge < -0.3 is 21.7 Å². The SMILES string of the molecule is N#Cc1ccccc1C[C@@H](N)C(=O)N[C@H](Cc1ccc(Cl)cc1Cl)C(=O)N[C@H](CC(=O)NCCCc1cccnc1)Cc1ccc(F)cc1. The first-order valence-corrected chi connectivity index (χ1v) is 16.5. The summed E-state index contributed by atoms with van der Waals surface area (Å²) in [6.07, 6.45) is 5.14. The molecule has 0 saturated carbocycles. The number of nitrogens with two attached hydrogens (primary N) is 1. The number of carbonyl (C=O) groups is 3. The third-order valence-electron chi connectivity index (χ3n) is 7.85. The van der Waals surface area contributed by atoms with Gasteiger partial charge in [-0.05, 0) is 84.3 Å². The molecule has 0 radical (unpaired) electrons. The van der Waals surface area contributed by atoms with Crippen LogP contribution in [-0.2, 0) is 40.1 Å². The second-order valence-electron chi connectivity index (χ2n) is 11.6. The van der Waals surface area contributed by atoms with E-state index in [1.54, 1.807) is 60.9 Å². The maximum absolute atomic E-state index is 13.9. The maximum atomic E-state index is 13.9. The van der Waals surface area contributed by atoms with Crippen molar-refractivity contribution in [3.63, 3.8) is 0 Å². The maximum Gasteiger partial charge on any atom is 0.243 e. The Balaban J connectivity index is 1.49. The van der Waals surface area contributed by atoms with Crippen molar-refractivity contribution in [2.24, 2.45) is 5.73 Å². The van der Waals surface area contributed by atoms with Gasteiger partial charge in [0.1, 0.15) is 11.9 Å². The molecular formula is C37H37Cl2FN6O3. The van der Waals surface area contributed by atoms with E-state index in [2.05, 4.69) is 27.0 Å². The predicted octanol–water partition coefficient (Wildman–Crippen LogP) is 4.86. The smallest absolute Gasteiger partial charge is 0.243 e. The minimum atomic E-state index is -1.14. The molecule has 12 heteroatoms. The van der Waals surface area contributed by atoms with Crippen LogP contribution in [0.15, 0.2) is 91.3 Å². The number of halogens is 3. The summed E-state index contributed by atoms with van der Waals surface area (Å²) in [6.45, 7) is 0.422. The van der Waals surface area contributed by atoms with Crippen LogP contribution in [0.3, 0.4) is 0 Å². The van der Waals surface area contributed by atoms with Crippen LogP contribution in [0.1, 0.15) is 40.7 Å². The number of hydrogen-bond acceptors (Lipinski definition) is 6. The van der Waals surface area contributed by atoms with E-state index in [4.69, 9.17) is 28.9 Å². The minimum Gasteiger partial charge on any atom is -0.356 e. The van der Waals surface area contributed by atoms with E-state index in [1.165, 1.54) is 18.2 Å². The van der Waals surface area contributed by atoms with E-state index < -0.39 is 35.8 Å². The molecule has 0 unspecified atom stereocenters. The van der Waals surface area contributed by atoms with Crippen molar-refractivity contribution >= 4 is 40.9 Å². The first-order valence-electron chi connectivity index (χ1n) is 15.8. The Labute approximate surface area is 295 Å². The first kappa shape index (κ1) is 37.0. The molecule has 5 N–H and O–H groups in total. The van der Waals surface area contributed by atoms with E-state index >= 15 is 0 Å². The number of hydrogen-bond donors (Lipinski definition) is 4. The Morgan fingerprint density at radius 1 is 0.878 bits per heavy atom. The molecule has 1 heterocycles. The van der Waals surface area contributed by atoms with Crippen LogP contribution >= 0.6 is 23.2 Å². The van der Waals surface area contributed by atoms with Crippen LogP contribution in [-0.4, -0.2) is 47.4 Å². The van der Waals surface area contributed by atoms with E-state index in [9.17, 15) is 24.0 Å². The lowest BCUT2D eigenvalue weighted by molar-refractivity contribution is -0.130. The number of carbonyl (C=O) groups excluding carboxylic acids is 3. The Morgan fingerprint density at radius 3 is 2.37 bits per heavy atom. The van der Waals surface area contributed by atoms with Crippen molar-refractivity contribution < 1.29 is 18.8 Å². The number of rotatable bonds is 16. The van der Waals surface area contributed by atoms with E-state index in [1.807, 2.05) is 12.1 Å². The number of aryl methyl sites for hydroxylation is 1. The molecule has 1 aromatic heterocycles. The molecule has 3 atom stereocenters. The number of pyridine rings is 1. The summed E-state index contributed by atoms with van der Waals surface area (Å²) in [5, 5.41) is 18.7. The Bertz CT molecular complexity index is 1770. The largest absolute Gasteiger partial charge is 0.356 e. The van der Waals surface area contributed by atoms with Gasteiger partial charge in [0.05, 0.1) is 17.7 Å². The molecule has 0 fully saturated rings. The van der Waals surface area contributed by atoms with Crippen LogP contribution < -0.4 is 21.7 Å². The highest BCUT2D eigenvalue weighted by Gasteiger charge is 2.28. The zero-order valence-electron chi connectivity index (χ0n) is 26.7. The van der Waals surface area contributed by atoms with Crippen LogP contribution in [0.2, 0.25) is 10.0 Å². The summed E-state index contributed by atoms with van der Waals surface area (Å²) in [4.78, 5) is 44.4. The van der Waals surface area contributed by atoms with E-state index in [0.29, 0.717) is 45.3 Å². The van der Waals surface area contributed by atoms with E-state index in [0.717, 1.165) is 12.0 Å². The van der Waals surface area contributed by atoms with Crippen LogP contribution in [0.4, 0.5) is 4.39 Å². The van der Waals surface area contributed by atoms with Gasteiger partial charge in [-0.2, -0.15) is 5.26 Å². The summed E-state index contributed by atoms with van der Waals surface area (Å²) in [7, 11) is 0. The second-order valence-corrected chi connectivity index (χ2v) is 12.5. The van der Waals surface area contributed by atoms with Gasteiger partial charge in [-0.1, -0.05) is 65.7 Å². The monoisotopic (exact) mass is 702 g/mol. The van der Waals surface area contributed by atoms with Crippen molar-refractivity contribution in [2.45, 2.75) is 56.7 Å². The molecule has 0 aliphatic heterocycles. The molecule has 0 saturated heterocycles. The quantitative estimate of drug-likeness (QED) is 0.123. The molecule has 4 aromatic rings. The molecule has 3 amide bonds. The van der Waals surface area contributed by atoms with Gasteiger partial charge in [0.15, 0.2) is 0 Å². The van der Waals surface area contributed by atoms with Gasteiger partial charge in [-0.3, -0.25) is 19.4 Å². The Hall–Kier alpha value is -4.82. The second kappa shape index (κ2) is 18.7. The van der Waals surface area contributed by atoms with Gasteiger partial charge in [0.25, 0.3) is 0 Å². The average molecular weight is 704 g/mol. The minimum absolute atomic E-state index is 0.00111. The molecular weight excluding hydrogens is 666 g/mol. The Kier molecular flexibility index (Phi) is 14.1. The van der Waals surface area contributed by atoms with E-state index in [-0.39, 0.29) is 31.6 Å². The predicted molar refractivity (Wildman–Crippen MR) is 187 cm³/mol. The van der Waals surface area contributed by atoms with Crippen molar-refractivity contribution in [2.75, 3.05) is 6.54 Å². The summed E-state index contributed by atoms with van der Waals surface area (Å²) in [5.41, 5.74) is 9.56. The summed E-state index contributed by atoms with van der Waals surface area (Å²) >= 11 is 12.5. The summed E-state index contributed by atoms with van der Waals surface area (Å²) < 4.78 is 13.7. The fourth-order valence-electron chi connectivity index (χ4n) is 5.28. The highest BCUT2D eigenvalue weighted by atomic mass is 35.5. The van der Waals surface area contributed by atoms with Crippen molar-refractivity contribution in [3.8, 4) is 6.07 Å². The molecule has 3 aromatic carbocycles. The van der Waals surface area contributed by atoms with Gasteiger partial charge in [-0.25, -0.2) is 4.39 Å². The third kappa shape index (κ3) is 12.0. The molecule has 0 aliphatic rings. The molecule has 4 rings (SSSR count). The standard InChI is InChI=1S/C37H37Cl2FN6O3/c38-29-12-11-27(32(39)20-29)19-34(46-36(48)33(42)18-26-7-1-2-8-28(26)22-41)37(49)45-31(17-24-9-13-30(40)14-10-24)21-35(47)44-16-4-6-25-5-3-15-43-23-25/h1-3,5,7-15,20,23,31,33-34H,4,6,16-19,21,42H2,(H,44,47)(H,45,49)(H,46,48)/t31-,33+,34+/m0/s1. The fourth-order valence-corrected chi connectivity index (χ4v) is 5.76. The zero-order valence-corrected chi connectivity index (χ0v) is 28.2. The van der Waals surface area contributed by atoms with Crippen molar-refractivity contribution in [3.05, 3.63) is 135 Å². The van der Waals surface area contributed by atoms with Crippen LogP contribution in [0.5, 0.6) is 0 Å². The third-order valence-corrected chi connectivity index (χ3v) is 8.43. The number of nitrogens with one attached hydrogen (secondary N) is 3. The van der Waals surface area contributed by atoms with Crippen LogP contribution in [0.25, 0.3) is 0 Å². The van der Waals surface area contributed by atoms with Crippen molar-refractivity contribution in [1.82, 2.24) is 20.9 Å². The van der Waals surface area contributed by atoms with Gasteiger partial charge in [0.2, 0.25) is 17.7 Å². The highest BCUT2D eigenvalue weighted by molar-refractivity contribution is 6.35. The number of aromatic nitrogens is 1. The fraction of sp³-hybridized carbons (Fsp3) is 0.270. The van der Waals surface area contributed by atoms with Gasteiger partial charge in [-0.15, -0.1) is 0 Å². The first-order chi connectivity index (χ1) is 23.6. The summed E-state index contributed by atoms with van der Waals surface area (Å²) in [5.74, 6) is -1.87. The number of benzene rings is 3. The lowest BCUT2D eigenvalue weighted by Gasteiger charge is -2.25. The molecule has 49 heavy (non-hydrogen) atoms. The normalized spacial score (nSPS) is 12.6. The van der Waals surface area contributed by atoms with Gasteiger partial charge in [0, 0.05) is 47.9 Å². The zero-order chi connectivity index (χ0) is 35.2. The molecule has 0 spiro atoms. The molecule has 254 valence electrons. The number of nitriles is 1. The Morgan fingerprint density at radius 2 is 1.65 bits per heavy atom. The highest BCUT2D eigenvalue weighted by Crippen LogP contribution is 2.22. The van der Waals surface area contributed by atoms with Gasteiger partial charge >= 0.3 is 0 Å². The lowest BCUT2D eigenvalue weighted by Crippen LogP contribution is -2.55. The van der Waals surface area contributed by atoms with Crippen molar-refractivity contribution in [1.29, 1.82) is 5.26 Å². The molecule has 9 nitrogen and oxygen atoms in total. The topological polar surface area (TPSA) is 150 Å². The number of nitrogens with zero attached hydrogens (tertiary/aromatic N) is 2. The molecule has 0 aliphatic carbocycles. The van der Waals surface area contributed by atoms with Crippen LogP contribution in [0, 0.1) is 17.1 Å².